The second kappa shape index (κ2) is 5.50. The standard InChI is InChI=1S/C16H16ClN5/c17-12-9-14-13(11-19-20-14)15(10-12)21-5-7-22(8-6-21)16-3-1-2-4-18-16/h1-4,9-11H,5-8H2,(H,19,20). The number of aromatic nitrogens is 3. The molecule has 6 heteroatoms. The lowest BCUT2D eigenvalue weighted by Crippen LogP contribution is -2.46. The molecule has 3 aromatic rings. The van der Waals surface area contributed by atoms with Gasteiger partial charge in [-0.3, -0.25) is 5.10 Å². The first kappa shape index (κ1) is 13.4. The van der Waals surface area contributed by atoms with Gasteiger partial charge in [-0.2, -0.15) is 5.10 Å². The maximum Gasteiger partial charge on any atom is 0.128 e. The molecule has 1 aliphatic rings. The Kier molecular flexibility index (Phi) is 3.35. The molecular formula is C16H16ClN5. The molecule has 1 N–H and O–H groups in total. The van der Waals surface area contributed by atoms with Crippen molar-refractivity contribution in [2.24, 2.45) is 0 Å². The molecule has 0 aliphatic carbocycles. The number of rotatable bonds is 2. The van der Waals surface area contributed by atoms with Gasteiger partial charge in [0.05, 0.1) is 11.7 Å². The number of pyridine rings is 1. The van der Waals surface area contributed by atoms with E-state index in [-0.39, 0.29) is 0 Å². The zero-order valence-electron chi connectivity index (χ0n) is 12.0. The molecule has 1 aliphatic heterocycles. The van der Waals surface area contributed by atoms with Gasteiger partial charge in [-0.1, -0.05) is 17.7 Å². The fourth-order valence-corrected chi connectivity index (χ4v) is 3.19. The first-order chi connectivity index (χ1) is 10.8. The summed E-state index contributed by atoms with van der Waals surface area (Å²) in [5.74, 6) is 1.04. The summed E-state index contributed by atoms with van der Waals surface area (Å²) in [4.78, 5) is 9.10. The number of nitrogens with zero attached hydrogens (tertiary/aromatic N) is 4. The van der Waals surface area contributed by atoms with E-state index < -0.39 is 0 Å². The number of hydrogen-bond donors (Lipinski definition) is 1. The van der Waals surface area contributed by atoms with Crippen molar-refractivity contribution in [1.29, 1.82) is 0 Å². The monoisotopic (exact) mass is 313 g/mol. The maximum atomic E-state index is 6.23. The van der Waals surface area contributed by atoms with Crippen molar-refractivity contribution < 1.29 is 0 Å². The maximum absolute atomic E-state index is 6.23. The molecule has 112 valence electrons. The predicted octanol–water partition coefficient (Wildman–Crippen LogP) is 2.94. The Morgan fingerprint density at radius 3 is 2.64 bits per heavy atom. The third-order valence-electron chi connectivity index (χ3n) is 4.10. The van der Waals surface area contributed by atoms with E-state index in [0.29, 0.717) is 0 Å². The zero-order valence-corrected chi connectivity index (χ0v) is 12.8. The number of piperazine rings is 1. The van der Waals surface area contributed by atoms with Crippen LogP contribution in [-0.4, -0.2) is 41.4 Å². The summed E-state index contributed by atoms with van der Waals surface area (Å²) in [6.45, 7) is 3.78. The van der Waals surface area contributed by atoms with Crippen molar-refractivity contribution in [2.75, 3.05) is 36.0 Å². The zero-order chi connectivity index (χ0) is 14.9. The summed E-state index contributed by atoms with van der Waals surface area (Å²) < 4.78 is 0. The largest absolute Gasteiger partial charge is 0.367 e. The van der Waals surface area contributed by atoms with Gasteiger partial charge in [-0.15, -0.1) is 0 Å². The second-order valence-electron chi connectivity index (χ2n) is 5.42. The predicted molar refractivity (Wildman–Crippen MR) is 89.8 cm³/mol. The van der Waals surface area contributed by atoms with E-state index in [1.165, 1.54) is 0 Å². The molecule has 3 heterocycles. The van der Waals surface area contributed by atoms with E-state index >= 15 is 0 Å². The molecule has 0 radical (unpaired) electrons. The number of halogens is 1. The number of hydrogen-bond acceptors (Lipinski definition) is 4. The fourth-order valence-electron chi connectivity index (χ4n) is 2.98. The number of H-pyrrole nitrogens is 1. The van der Waals surface area contributed by atoms with Crippen molar-refractivity contribution >= 4 is 34.0 Å². The Morgan fingerprint density at radius 1 is 1.05 bits per heavy atom. The first-order valence-electron chi connectivity index (χ1n) is 7.35. The molecule has 1 fully saturated rings. The Hall–Kier alpha value is -2.27. The first-order valence-corrected chi connectivity index (χ1v) is 7.72. The van der Waals surface area contributed by atoms with Crippen molar-refractivity contribution in [3.8, 4) is 0 Å². The van der Waals surface area contributed by atoms with Gasteiger partial charge in [0.1, 0.15) is 5.82 Å². The Bertz CT molecular complexity index is 778. The molecule has 2 aromatic heterocycles. The minimum Gasteiger partial charge on any atom is -0.367 e. The van der Waals surface area contributed by atoms with Crippen LogP contribution in [0.3, 0.4) is 0 Å². The van der Waals surface area contributed by atoms with Gasteiger partial charge in [-0.25, -0.2) is 4.98 Å². The molecule has 0 spiro atoms. The van der Waals surface area contributed by atoms with E-state index in [1.807, 2.05) is 36.7 Å². The SMILES string of the molecule is Clc1cc(N2CCN(c3ccccn3)CC2)c2cn[nH]c2c1. The molecule has 4 rings (SSSR count). The van der Waals surface area contributed by atoms with Gasteiger partial charge in [0, 0.05) is 48.5 Å². The van der Waals surface area contributed by atoms with Crippen molar-refractivity contribution in [2.45, 2.75) is 0 Å². The van der Waals surface area contributed by atoms with Crippen LogP contribution in [0.1, 0.15) is 0 Å². The van der Waals surface area contributed by atoms with Crippen molar-refractivity contribution in [3.05, 3.63) is 47.7 Å². The van der Waals surface area contributed by atoms with Gasteiger partial charge in [0.25, 0.3) is 0 Å². The summed E-state index contributed by atoms with van der Waals surface area (Å²) in [5, 5.41) is 8.98. The fraction of sp³-hybridized carbons (Fsp3) is 0.250. The van der Waals surface area contributed by atoms with Crippen molar-refractivity contribution in [1.82, 2.24) is 15.2 Å². The molecule has 0 atom stereocenters. The highest BCUT2D eigenvalue weighted by atomic mass is 35.5. The minimum absolute atomic E-state index is 0.735. The van der Waals surface area contributed by atoms with E-state index in [2.05, 4.69) is 31.0 Å². The van der Waals surface area contributed by atoms with Gasteiger partial charge in [0.15, 0.2) is 0 Å². The van der Waals surface area contributed by atoms with Gasteiger partial charge >= 0.3 is 0 Å². The normalized spacial score (nSPS) is 15.5. The average molecular weight is 314 g/mol. The molecule has 1 saturated heterocycles. The van der Waals surface area contributed by atoms with Crippen LogP contribution in [0.4, 0.5) is 11.5 Å². The number of aromatic amines is 1. The lowest BCUT2D eigenvalue weighted by molar-refractivity contribution is 0.649. The molecule has 1 aromatic carbocycles. The summed E-state index contributed by atoms with van der Waals surface area (Å²) in [6.07, 6.45) is 3.71. The van der Waals surface area contributed by atoms with Crippen LogP contribution in [0.2, 0.25) is 5.02 Å². The molecule has 5 nitrogen and oxygen atoms in total. The van der Waals surface area contributed by atoms with Crippen LogP contribution in [0.25, 0.3) is 10.9 Å². The van der Waals surface area contributed by atoms with Crippen molar-refractivity contribution in [3.63, 3.8) is 0 Å². The highest BCUT2D eigenvalue weighted by Gasteiger charge is 2.20. The van der Waals surface area contributed by atoms with Crippen LogP contribution in [0, 0.1) is 0 Å². The smallest absolute Gasteiger partial charge is 0.128 e. The Labute approximate surface area is 133 Å². The molecule has 0 unspecified atom stereocenters. The molecular weight excluding hydrogens is 298 g/mol. The van der Waals surface area contributed by atoms with Crippen LogP contribution < -0.4 is 9.80 Å². The number of anilines is 2. The van der Waals surface area contributed by atoms with E-state index in [0.717, 1.165) is 53.6 Å². The summed E-state index contributed by atoms with van der Waals surface area (Å²) in [6, 6.07) is 9.97. The van der Waals surface area contributed by atoms with Gasteiger partial charge in [0.2, 0.25) is 0 Å². The number of nitrogens with one attached hydrogen (secondary N) is 1. The number of fused-ring (bicyclic) bond motifs is 1. The highest BCUT2D eigenvalue weighted by molar-refractivity contribution is 6.31. The third kappa shape index (κ3) is 2.37. The minimum atomic E-state index is 0.735. The highest BCUT2D eigenvalue weighted by Crippen LogP contribution is 2.30. The van der Waals surface area contributed by atoms with Crippen LogP contribution in [-0.2, 0) is 0 Å². The molecule has 0 amide bonds. The topological polar surface area (TPSA) is 48.1 Å². The third-order valence-corrected chi connectivity index (χ3v) is 4.31. The second-order valence-corrected chi connectivity index (χ2v) is 5.85. The summed E-state index contributed by atoms with van der Waals surface area (Å²) in [7, 11) is 0. The lowest BCUT2D eigenvalue weighted by Gasteiger charge is -2.37. The quantitative estimate of drug-likeness (QED) is 0.790. The van der Waals surface area contributed by atoms with E-state index in [4.69, 9.17) is 11.6 Å². The summed E-state index contributed by atoms with van der Waals surface area (Å²) in [5.41, 5.74) is 2.13. The lowest BCUT2D eigenvalue weighted by atomic mass is 10.2. The Morgan fingerprint density at radius 2 is 1.86 bits per heavy atom. The van der Waals surface area contributed by atoms with Crippen LogP contribution >= 0.6 is 11.6 Å². The summed E-state index contributed by atoms with van der Waals surface area (Å²) >= 11 is 6.23. The number of benzene rings is 1. The van der Waals surface area contributed by atoms with Crippen LogP contribution in [0.15, 0.2) is 42.7 Å². The molecule has 0 bridgehead atoms. The molecule has 0 saturated carbocycles. The van der Waals surface area contributed by atoms with Gasteiger partial charge < -0.3 is 9.80 Å². The average Bonchev–Trinajstić information content (AvgIpc) is 3.03. The Balaban J connectivity index is 1.57. The van der Waals surface area contributed by atoms with E-state index in [9.17, 15) is 0 Å². The van der Waals surface area contributed by atoms with E-state index in [1.54, 1.807) is 0 Å². The van der Waals surface area contributed by atoms with Crippen LogP contribution in [0.5, 0.6) is 0 Å². The molecule has 22 heavy (non-hydrogen) atoms. The van der Waals surface area contributed by atoms with Gasteiger partial charge in [-0.05, 0) is 24.3 Å².